The minimum atomic E-state index is -0.521. The third-order valence-electron chi connectivity index (χ3n) is 7.35. The maximum atomic E-state index is 14.9. The van der Waals surface area contributed by atoms with Crippen LogP contribution in [0.15, 0.2) is 27.8 Å². The van der Waals surface area contributed by atoms with E-state index in [4.69, 9.17) is 16.6 Å². The molecule has 0 saturated carbocycles. The number of aromatic nitrogens is 4. The summed E-state index contributed by atoms with van der Waals surface area (Å²) in [5.74, 6) is -0.160. The molecule has 0 aliphatic carbocycles. The Morgan fingerprint density at radius 1 is 1.16 bits per heavy atom. The van der Waals surface area contributed by atoms with E-state index in [9.17, 15) is 18.8 Å². The molecule has 1 aliphatic heterocycles. The predicted molar refractivity (Wildman–Crippen MR) is 147 cm³/mol. The fourth-order valence-corrected chi connectivity index (χ4v) is 5.46. The summed E-state index contributed by atoms with van der Waals surface area (Å²) in [6.45, 7) is 6.64. The summed E-state index contributed by atoms with van der Waals surface area (Å²) in [6.07, 6.45) is 4.40. The first-order valence-corrected chi connectivity index (χ1v) is 13.7. The van der Waals surface area contributed by atoms with Crippen LogP contribution in [0.1, 0.15) is 51.5 Å². The lowest BCUT2D eigenvalue weighted by atomic mass is 9.96. The van der Waals surface area contributed by atoms with Crippen molar-refractivity contribution in [2.75, 3.05) is 31.1 Å². The van der Waals surface area contributed by atoms with Crippen LogP contribution in [-0.4, -0.2) is 55.7 Å². The lowest BCUT2D eigenvalue weighted by Gasteiger charge is -2.35. The molecule has 1 saturated heterocycles. The SMILES string of the molecule is CCCCN(CCC)C(=O)C1CCCN(c2nc3c(c(=O)n(C)c(=O)n3C)n2Cc2c(F)cccc2Cl)C1. The summed E-state index contributed by atoms with van der Waals surface area (Å²) in [5.41, 5.74) is -0.394. The molecule has 0 N–H and O–H groups in total. The predicted octanol–water partition coefficient (Wildman–Crippen LogP) is 3.53. The Morgan fingerprint density at radius 3 is 2.61 bits per heavy atom. The molecule has 1 amide bonds. The molecule has 38 heavy (non-hydrogen) atoms. The van der Waals surface area contributed by atoms with Crippen molar-refractivity contribution in [2.24, 2.45) is 20.0 Å². The monoisotopic (exact) mass is 546 g/mol. The molecule has 0 bridgehead atoms. The Kier molecular flexibility index (Phi) is 8.60. The topological polar surface area (TPSA) is 85.4 Å². The second kappa shape index (κ2) is 11.7. The number of rotatable bonds is 9. The third kappa shape index (κ3) is 5.23. The summed E-state index contributed by atoms with van der Waals surface area (Å²) >= 11 is 6.36. The van der Waals surface area contributed by atoms with Crippen molar-refractivity contribution in [2.45, 2.75) is 52.5 Å². The van der Waals surface area contributed by atoms with Crippen LogP contribution in [0.5, 0.6) is 0 Å². The average Bonchev–Trinajstić information content (AvgIpc) is 3.30. The number of carbonyl (C=O) groups excluding carboxylic acids is 1. The molecular formula is C27H36ClFN6O3. The van der Waals surface area contributed by atoms with Crippen molar-refractivity contribution in [3.8, 4) is 0 Å². The van der Waals surface area contributed by atoms with Crippen molar-refractivity contribution >= 4 is 34.6 Å². The number of unbranched alkanes of at least 4 members (excludes halogenated alkanes) is 1. The van der Waals surface area contributed by atoms with Gasteiger partial charge in [-0.3, -0.25) is 23.3 Å². The number of anilines is 1. The number of carbonyl (C=O) groups is 1. The van der Waals surface area contributed by atoms with Crippen LogP contribution in [0, 0.1) is 11.7 Å². The van der Waals surface area contributed by atoms with Crippen LogP contribution in [0.4, 0.5) is 10.3 Å². The van der Waals surface area contributed by atoms with Gasteiger partial charge in [0.05, 0.1) is 12.5 Å². The smallest absolute Gasteiger partial charge is 0.332 e. The van der Waals surface area contributed by atoms with Gasteiger partial charge in [0.15, 0.2) is 11.2 Å². The lowest BCUT2D eigenvalue weighted by Crippen LogP contribution is -2.46. The summed E-state index contributed by atoms with van der Waals surface area (Å²) in [7, 11) is 2.96. The van der Waals surface area contributed by atoms with Crippen molar-refractivity contribution in [1.82, 2.24) is 23.6 Å². The number of fused-ring (bicyclic) bond motifs is 1. The minimum absolute atomic E-state index is 0.0433. The molecule has 206 valence electrons. The molecule has 2 aromatic heterocycles. The molecule has 1 aromatic carbocycles. The number of hydrogen-bond donors (Lipinski definition) is 0. The highest BCUT2D eigenvalue weighted by Crippen LogP contribution is 2.29. The van der Waals surface area contributed by atoms with Gasteiger partial charge >= 0.3 is 5.69 Å². The van der Waals surface area contributed by atoms with Gasteiger partial charge in [-0.2, -0.15) is 4.98 Å². The highest BCUT2D eigenvalue weighted by Gasteiger charge is 2.32. The van der Waals surface area contributed by atoms with E-state index in [1.165, 1.54) is 23.7 Å². The molecular weight excluding hydrogens is 511 g/mol. The van der Waals surface area contributed by atoms with E-state index in [0.717, 1.165) is 49.8 Å². The first-order valence-electron chi connectivity index (χ1n) is 13.3. The Hall–Kier alpha value is -3.14. The van der Waals surface area contributed by atoms with Gasteiger partial charge in [0.25, 0.3) is 5.56 Å². The van der Waals surface area contributed by atoms with Gasteiger partial charge in [0, 0.05) is 50.9 Å². The Labute approximate surface area is 226 Å². The van der Waals surface area contributed by atoms with Gasteiger partial charge in [-0.05, 0) is 37.8 Å². The highest BCUT2D eigenvalue weighted by molar-refractivity contribution is 6.31. The number of amides is 1. The van der Waals surface area contributed by atoms with Crippen molar-refractivity contribution in [3.05, 3.63) is 55.4 Å². The van der Waals surface area contributed by atoms with Crippen LogP contribution >= 0.6 is 11.6 Å². The van der Waals surface area contributed by atoms with E-state index in [1.807, 2.05) is 9.80 Å². The zero-order valence-corrected chi connectivity index (χ0v) is 23.3. The molecule has 4 rings (SSSR count). The fourth-order valence-electron chi connectivity index (χ4n) is 5.24. The molecule has 9 nitrogen and oxygen atoms in total. The van der Waals surface area contributed by atoms with E-state index in [-0.39, 0.29) is 40.1 Å². The van der Waals surface area contributed by atoms with Gasteiger partial charge in [-0.25, -0.2) is 9.18 Å². The fraction of sp³-hybridized carbons (Fsp3) is 0.556. The van der Waals surface area contributed by atoms with E-state index < -0.39 is 17.1 Å². The molecule has 0 spiro atoms. The first-order chi connectivity index (χ1) is 18.2. The minimum Gasteiger partial charge on any atom is -0.342 e. The van der Waals surface area contributed by atoms with Crippen LogP contribution in [-0.2, 0) is 25.4 Å². The molecule has 1 aliphatic rings. The highest BCUT2D eigenvalue weighted by atomic mass is 35.5. The number of benzene rings is 1. The van der Waals surface area contributed by atoms with Gasteiger partial charge in [-0.15, -0.1) is 0 Å². The molecule has 1 unspecified atom stereocenters. The summed E-state index contributed by atoms with van der Waals surface area (Å²) < 4.78 is 18.8. The molecule has 1 atom stereocenters. The Balaban J connectivity index is 1.80. The van der Waals surface area contributed by atoms with Crippen molar-refractivity contribution in [3.63, 3.8) is 0 Å². The second-order valence-corrected chi connectivity index (χ2v) is 10.4. The maximum absolute atomic E-state index is 14.9. The number of aryl methyl sites for hydroxylation is 1. The lowest BCUT2D eigenvalue weighted by molar-refractivity contribution is -0.136. The first kappa shape index (κ1) is 27.9. The molecule has 3 aromatic rings. The maximum Gasteiger partial charge on any atom is 0.332 e. The quantitative estimate of drug-likeness (QED) is 0.410. The standard InChI is InChI=1S/C27H36ClFN6O3/c1-5-7-14-33(13-6-2)24(36)18-10-9-15-34(16-18)26-30-23-22(25(37)32(4)27(38)31(23)3)35(26)17-19-20(28)11-8-12-21(19)29/h8,11-12,18H,5-7,9-10,13-17H2,1-4H3. The van der Waals surface area contributed by atoms with Crippen LogP contribution in [0.25, 0.3) is 11.2 Å². The summed E-state index contributed by atoms with van der Waals surface area (Å²) in [6, 6.07) is 4.45. The van der Waals surface area contributed by atoms with Crippen molar-refractivity contribution < 1.29 is 9.18 Å². The van der Waals surface area contributed by atoms with Crippen LogP contribution < -0.4 is 16.1 Å². The Morgan fingerprint density at radius 2 is 1.92 bits per heavy atom. The number of piperidine rings is 1. The second-order valence-electron chi connectivity index (χ2n) is 10.0. The zero-order chi connectivity index (χ0) is 27.6. The summed E-state index contributed by atoms with van der Waals surface area (Å²) in [4.78, 5) is 48.1. The number of hydrogen-bond acceptors (Lipinski definition) is 5. The zero-order valence-electron chi connectivity index (χ0n) is 22.5. The Bertz CT molecular complexity index is 1430. The average molecular weight is 547 g/mol. The van der Waals surface area contributed by atoms with Crippen LogP contribution in [0.2, 0.25) is 5.02 Å². The van der Waals surface area contributed by atoms with Crippen molar-refractivity contribution in [1.29, 1.82) is 0 Å². The number of nitrogens with zero attached hydrogens (tertiary/aromatic N) is 6. The number of imidazole rings is 1. The van der Waals surface area contributed by atoms with E-state index >= 15 is 0 Å². The van der Waals surface area contributed by atoms with E-state index in [1.54, 1.807) is 17.7 Å². The van der Waals surface area contributed by atoms with E-state index in [2.05, 4.69) is 13.8 Å². The molecule has 0 radical (unpaired) electrons. The number of halogens is 2. The van der Waals surface area contributed by atoms with E-state index in [0.29, 0.717) is 19.0 Å². The van der Waals surface area contributed by atoms with Gasteiger partial charge < -0.3 is 9.80 Å². The van der Waals surface area contributed by atoms with Gasteiger partial charge in [0.2, 0.25) is 11.9 Å². The molecule has 1 fully saturated rings. The van der Waals surface area contributed by atoms with Gasteiger partial charge in [-0.1, -0.05) is 37.9 Å². The molecule has 3 heterocycles. The molecule has 11 heteroatoms. The van der Waals surface area contributed by atoms with Crippen LogP contribution in [0.3, 0.4) is 0 Å². The third-order valence-corrected chi connectivity index (χ3v) is 7.70. The van der Waals surface area contributed by atoms with Gasteiger partial charge in [0.1, 0.15) is 5.82 Å². The normalized spacial score (nSPS) is 15.8. The summed E-state index contributed by atoms with van der Waals surface area (Å²) in [5, 5.41) is 0.234. The largest absolute Gasteiger partial charge is 0.342 e.